The number of nitrogens with one attached hydrogen (secondary N) is 1. The molecule has 3 heteroatoms. The summed E-state index contributed by atoms with van der Waals surface area (Å²) >= 11 is 0. The third-order valence-electron chi connectivity index (χ3n) is 4.08. The van der Waals surface area contributed by atoms with Crippen LogP contribution < -0.4 is 10.1 Å². The van der Waals surface area contributed by atoms with Crippen molar-refractivity contribution in [1.82, 2.24) is 5.32 Å². The molecular weight excluding hydrogens is 250 g/mol. The molecule has 2 rings (SSSR count). The summed E-state index contributed by atoms with van der Waals surface area (Å²) in [4.78, 5) is 0. The number of hydrogen-bond donors (Lipinski definition) is 1. The van der Waals surface area contributed by atoms with Crippen LogP contribution in [0.15, 0.2) is 18.2 Å². The Morgan fingerprint density at radius 1 is 1.35 bits per heavy atom. The van der Waals surface area contributed by atoms with E-state index in [1.807, 2.05) is 0 Å². The fourth-order valence-corrected chi connectivity index (χ4v) is 2.95. The normalized spacial score (nSPS) is 17.9. The summed E-state index contributed by atoms with van der Waals surface area (Å²) in [5.74, 6) is 1.64. The predicted octanol–water partition coefficient (Wildman–Crippen LogP) is 3.47. The lowest BCUT2D eigenvalue weighted by molar-refractivity contribution is 0.0533. The Balaban J connectivity index is 2.24. The van der Waals surface area contributed by atoms with E-state index in [0.29, 0.717) is 12.0 Å². The van der Waals surface area contributed by atoms with Gasteiger partial charge in [-0.15, -0.1) is 0 Å². The average Bonchev–Trinajstić information content (AvgIpc) is 2.49. The Morgan fingerprint density at radius 3 is 2.75 bits per heavy atom. The van der Waals surface area contributed by atoms with Gasteiger partial charge in [-0.3, -0.25) is 0 Å². The fraction of sp³-hybridized carbons (Fsp3) is 0.647. The molecule has 1 fully saturated rings. The molecule has 1 unspecified atom stereocenters. The molecule has 112 valence electrons. The number of hydrogen-bond acceptors (Lipinski definition) is 3. The summed E-state index contributed by atoms with van der Waals surface area (Å²) < 4.78 is 11.1. The topological polar surface area (TPSA) is 30.5 Å². The summed E-state index contributed by atoms with van der Waals surface area (Å²) in [5.41, 5.74) is 2.53. The van der Waals surface area contributed by atoms with Crippen LogP contribution in [-0.2, 0) is 4.74 Å². The molecule has 20 heavy (non-hydrogen) atoms. The highest BCUT2D eigenvalue weighted by Gasteiger charge is 2.27. The van der Waals surface area contributed by atoms with Crippen LogP contribution in [0.25, 0.3) is 0 Å². The Bertz CT molecular complexity index is 413. The standard InChI is InChI=1S/C17H27NO2/c1-4-9-18-17(14-7-10-20-11-8-14)15-6-5-13(2)12-16(15)19-3/h5-6,12,14,17-18H,4,7-11H2,1-3H3. The van der Waals surface area contributed by atoms with Crippen LogP contribution in [0.3, 0.4) is 0 Å². The highest BCUT2D eigenvalue weighted by Crippen LogP contribution is 2.35. The first-order chi connectivity index (χ1) is 9.76. The lowest BCUT2D eigenvalue weighted by Crippen LogP contribution is -2.33. The average molecular weight is 277 g/mol. The third kappa shape index (κ3) is 3.74. The lowest BCUT2D eigenvalue weighted by Gasteiger charge is -2.32. The van der Waals surface area contributed by atoms with Crippen LogP contribution in [0.2, 0.25) is 0 Å². The number of benzene rings is 1. The minimum atomic E-state index is 0.370. The van der Waals surface area contributed by atoms with Gasteiger partial charge in [-0.2, -0.15) is 0 Å². The highest BCUT2D eigenvalue weighted by molar-refractivity contribution is 5.39. The summed E-state index contributed by atoms with van der Waals surface area (Å²) in [6, 6.07) is 6.90. The minimum absolute atomic E-state index is 0.370. The second kappa shape index (κ2) is 7.65. The second-order valence-electron chi connectivity index (χ2n) is 5.63. The van der Waals surface area contributed by atoms with Crippen molar-refractivity contribution >= 4 is 0 Å². The van der Waals surface area contributed by atoms with Crippen molar-refractivity contribution in [2.24, 2.45) is 5.92 Å². The van der Waals surface area contributed by atoms with Crippen LogP contribution in [0.1, 0.15) is 43.4 Å². The van der Waals surface area contributed by atoms with Gasteiger partial charge >= 0.3 is 0 Å². The first kappa shape index (κ1) is 15.3. The van der Waals surface area contributed by atoms with Gasteiger partial charge < -0.3 is 14.8 Å². The van der Waals surface area contributed by atoms with E-state index >= 15 is 0 Å². The zero-order chi connectivity index (χ0) is 14.4. The number of aryl methyl sites for hydroxylation is 1. The molecule has 0 spiro atoms. The molecule has 0 radical (unpaired) electrons. The predicted molar refractivity (Wildman–Crippen MR) is 82.3 cm³/mol. The molecule has 3 nitrogen and oxygen atoms in total. The summed E-state index contributed by atoms with van der Waals surface area (Å²) in [5, 5.41) is 3.71. The van der Waals surface area contributed by atoms with Gasteiger partial charge in [0.25, 0.3) is 0 Å². The van der Waals surface area contributed by atoms with E-state index in [-0.39, 0.29) is 0 Å². The Hall–Kier alpha value is -1.06. The molecule has 1 aromatic carbocycles. The van der Waals surface area contributed by atoms with Gasteiger partial charge in [0.2, 0.25) is 0 Å². The molecular formula is C17H27NO2. The van der Waals surface area contributed by atoms with E-state index in [0.717, 1.165) is 44.8 Å². The van der Waals surface area contributed by atoms with Crippen LogP contribution in [0, 0.1) is 12.8 Å². The van der Waals surface area contributed by atoms with Crippen molar-refractivity contribution in [3.63, 3.8) is 0 Å². The van der Waals surface area contributed by atoms with Gasteiger partial charge in [-0.25, -0.2) is 0 Å². The molecule has 1 saturated heterocycles. The maximum absolute atomic E-state index is 5.61. The molecule has 0 aromatic heterocycles. The van der Waals surface area contributed by atoms with E-state index in [1.165, 1.54) is 11.1 Å². The largest absolute Gasteiger partial charge is 0.496 e. The second-order valence-corrected chi connectivity index (χ2v) is 5.63. The minimum Gasteiger partial charge on any atom is -0.496 e. The van der Waals surface area contributed by atoms with E-state index in [1.54, 1.807) is 7.11 Å². The monoisotopic (exact) mass is 277 g/mol. The Morgan fingerprint density at radius 2 is 2.10 bits per heavy atom. The lowest BCUT2D eigenvalue weighted by atomic mass is 9.86. The summed E-state index contributed by atoms with van der Waals surface area (Å²) in [7, 11) is 1.76. The molecule has 1 aliphatic rings. The molecule has 1 atom stereocenters. The van der Waals surface area contributed by atoms with Gasteiger partial charge in [0.05, 0.1) is 7.11 Å². The van der Waals surface area contributed by atoms with Crippen molar-refractivity contribution in [2.75, 3.05) is 26.9 Å². The van der Waals surface area contributed by atoms with Gasteiger partial charge in [0.1, 0.15) is 5.75 Å². The van der Waals surface area contributed by atoms with E-state index in [9.17, 15) is 0 Å². The molecule has 0 bridgehead atoms. The molecule has 1 aromatic rings. The van der Waals surface area contributed by atoms with E-state index in [4.69, 9.17) is 9.47 Å². The quantitative estimate of drug-likeness (QED) is 0.863. The van der Waals surface area contributed by atoms with Crippen molar-refractivity contribution in [2.45, 2.75) is 39.2 Å². The van der Waals surface area contributed by atoms with Gasteiger partial charge in [0, 0.05) is 24.8 Å². The van der Waals surface area contributed by atoms with E-state index < -0.39 is 0 Å². The SMILES string of the molecule is CCCNC(c1ccc(C)cc1OC)C1CCOCC1. The van der Waals surface area contributed by atoms with Crippen molar-refractivity contribution in [3.05, 3.63) is 29.3 Å². The maximum Gasteiger partial charge on any atom is 0.123 e. The first-order valence-electron chi connectivity index (χ1n) is 7.72. The van der Waals surface area contributed by atoms with Crippen LogP contribution in [0.4, 0.5) is 0 Å². The van der Waals surface area contributed by atoms with Crippen LogP contribution in [0.5, 0.6) is 5.75 Å². The fourth-order valence-electron chi connectivity index (χ4n) is 2.95. The number of rotatable bonds is 6. The van der Waals surface area contributed by atoms with Crippen molar-refractivity contribution in [1.29, 1.82) is 0 Å². The van der Waals surface area contributed by atoms with Gasteiger partial charge in [-0.05, 0) is 50.3 Å². The Kier molecular flexibility index (Phi) is 5.86. The smallest absolute Gasteiger partial charge is 0.123 e. The van der Waals surface area contributed by atoms with Gasteiger partial charge in [-0.1, -0.05) is 19.1 Å². The molecule has 0 saturated carbocycles. The number of ether oxygens (including phenoxy) is 2. The first-order valence-corrected chi connectivity index (χ1v) is 7.72. The number of methoxy groups -OCH3 is 1. The third-order valence-corrected chi connectivity index (χ3v) is 4.08. The molecule has 1 heterocycles. The molecule has 1 aliphatic heterocycles. The molecule has 0 aliphatic carbocycles. The van der Waals surface area contributed by atoms with Crippen molar-refractivity contribution < 1.29 is 9.47 Å². The van der Waals surface area contributed by atoms with Crippen molar-refractivity contribution in [3.8, 4) is 5.75 Å². The molecule has 1 N–H and O–H groups in total. The van der Waals surface area contributed by atoms with E-state index in [2.05, 4.69) is 37.4 Å². The maximum atomic E-state index is 5.61. The van der Waals surface area contributed by atoms with Crippen LogP contribution >= 0.6 is 0 Å². The zero-order valence-corrected chi connectivity index (χ0v) is 12.9. The zero-order valence-electron chi connectivity index (χ0n) is 12.9. The van der Waals surface area contributed by atoms with Gasteiger partial charge in [0.15, 0.2) is 0 Å². The van der Waals surface area contributed by atoms with Crippen LogP contribution in [-0.4, -0.2) is 26.9 Å². The molecule has 0 amide bonds. The summed E-state index contributed by atoms with van der Waals surface area (Å²) in [6.45, 7) is 7.11. The summed E-state index contributed by atoms with van der Waals surface area (Å²) in [6.07, 6.45) is 3.39. The Labute approximate surface area is 122 Å². The highest BCUT2D eigenvalue weighted by atomic mass is 16.5.